The summed E-state index contributed by atoms with van der Waals surface area (Å²) >= 11 is 5.93. The molecule has 0 N–H and O–H groups in total. The first kappa shape index (κ1) is 30.5. The van der Waals surface area contributed by atoms with Gasteiger partial charge in [-0.1, -0.05) is 17.7 Å². The fourth-order valence-electron chi connectivity index (χ4n) is 5.83. The summed E-state index contributed by atoms with van der Waals surface area (Å²) in [6.45, 7) is 11.1. The van der Waals surface area contributed by atoms with Gasteiger partial charge in [-0.05, 0) is 88.9 Å². The third-order valence-electron chi connectivity index (χ3n) is 8.26. The highest BCUT2D eigenvalue weighted by atomic mass is 35.5. The van der Waals surface area contributed by atoms with E-state index < -0.39 is 5.82 Å². The lowest BCUT2D eigenvalue weighted by atomic mass is 10.0. The van der Waals surface area contributed by atoms with Crippen LogP contribution < -0.4 is 4.90 Å². The van der Waals surface area contributed by atoms with Gasteiger partial charge < -0.3 is 19.1 Å². The average molecular weight is 606 g/mol. The minimum Gasteiger partial charge on any atom is -0.465 e. The molecule has 3 aromatic heterocycles. The van der Waals surface area contributed by atoms with Gasteiger partial charge in [-0.3, -0.25) is 4.79 Å². The standard InChI is InChI=1S/C33H37ClFN5O3/c1-19-16-28(36-20(2)29(19)32(42)43-7)38(6)22-12-14-39(15-13-22)31(41)27-11-9-23-24(21-8-10-25(34)26(35)17-21)18-40(30(23)37-27)33(3,4)5/h8-11,16-18,22H,12-15H2,1-7H3. The van der Waals surface area contributed by atoms with Crippen LogP contribution in [0.15, 0.2) is 42.6 Å². The Hall–Kier alpha value is -3.98. The minimum atomic E-state index is -0.483. The first-order chi connectivity index (χ1) is 20.3. The smallest absolute Gasteiger partial charge is 0.339 e. The molecule has 5 rings (SSSR count). The molecule has 226 valence electrons. The molecule has 1 aliphatic heterocycles. The van der Waals surface area contributed by atoms with Crippen molar-refractivity contribution in [1.82, 2.24) is 19.4 Å². The maximum Gasteiger partial charge on any atom is 0.339 e. The Labute approximate surface area is 256 Å². The van der Waals surface area contributed by atoms with E-state index in [1.54, 1.807) is 18.2 Å². The largest absolute Gasteiger partial charge is 0.465 e. The zero-order valence-electron chi connectivity index (χ0n) is 25.7. The van der Waals surface area contributed by atoms with Crippen LogP contribution >= 0.6 is 11.6 Å². The van der Waals surface area contributed by atoms with Crippen LogP contribution in [0.3, 0.4) is 0 Å². The van der Waals surface area contributed by atoms with E-state index in [2.05, 4.69) is 30.7 Å². The summed E-state index contributed by atoms with van der Waals surface area (Å²) in [7, 11) is 3.37. The van der Waals surface area contributed by atoms with Gasteiger partial charge in [-0.25, -0.2) is 19.2 Å². The number of fused-ring (bicyclic) bond motifs is 1. The highest BCUT2D eigenvalue weighted by Gasteiger charge is 2.29. The van der Waals surface area contributed by atoms with E-state index in [0.29, 0.717) is 41.3 Å². The maximum atomic E-state index is 14.3. The third kappa shape index (κ3) is 5.83. The van der Waals surface area contributed by atoms with Crippen molar-refractivity contribution in [2.24, 2.45) is 0 Å². The number of pyridine rings is 2. The number of hydrogen-bond acceptors (Lipinski definition) is 6. The minimum absolute atomic E-state index is 0.0715. The molecule has 0 bridgehead atoms. The van der Waals surface area contributed by atoms with Crippen molar-refractivity contribution in [3.05, 3.63) is 75.9 Å². The molecule has 1 amide bonds. The number of likely N-dealkylation sites (tertiary alicyclic amines) is 1. The summed E-state index contributed by atoms with van der Waals surface area (Å²) in [6, 6.07) is 10.5. The lowest BCUT2D eigenvalue weighted by Gasteiger charge is -2.37. The molecule has 1 fully saturated rings. The van der Waals surface area contributed by atoms with E-state index in [0.717, 1.165) is 35.2 Å². The molecule has 0 radical (unpaired) electrons. The van der Waals surface area contributed by atoms with Crippen LogP contribution in [0.2, 0.25) is 5.02 Å². The van der Waals surface area contributed by atoms with E-state index in [4.69, 9.17) is 21.3 Å². The summed E-state index contributed by atoms with van der Waals surface area (Å²) < 4.78 is 21.3. The Morgan fingerprint density at radius 1 is 1.07 bits per heavy atom. The first-order valence-electron chi connectivity index (χ1n) is 14.4. The quantitative estimate of drug-likeness (QED) is 0.233. The molecule has 0 unspecified atom stereocenters. The van der Waals surface area contributed by atoms with Gasteiger partial charge in [0.1, 0.15) is 23.0 Å². The van der Waals surface area contributed by atoms with Crippen LogP contribution in [-0.2, 0) is 10.3 Å². The molecule has 0 saturated carbocycles. The van der Waals surface area contributed by atoms with Crippen molar-refractivity contribution >= 4 is 40.3 Å². The van der Waals surface area contributed by atoms with Crippen molar-refractivity contribution in [3.63, 3.8) is 0 Å². The van der Waals surface area contributed by atoms with Crippen molar-refractivity contribution < 1.29 is 18.7 Å². The number of rotatable bonds is 5. The normalized spacial score (nSPS) is 14.3. The Kier molecular flexibility index (Phi) is 8.22. The van der Waals surface area contributed by atoms with Gasteiger partial charge in [-0.2, -0.15) is 0 Å². The molecule has 4 aromatic rings. The number of anilines is 1. The second-order valence-corrected chi connectivity index (χ2v) is 12.6. The Morgan fingerprint density at radius 3 is 2.37 bits per heavy atom. The fraction of sp³-hybridized carbons (Fsp3) is 0.394. The Bertz CT molecular complexity index is 1700. The van der Waals surface area contributed by atoms with Gasteiger partial charge in [0.25, 0.3) is 5.91 Å². The predicted octanol–water partition coefficient (Wildman–Crippen LogP) is 6.79. The van der Waals surface area contributed by atoms with Crippen LogP contribution in [0.25, 0.3) is 22.2 Å². The maximum absolute atomic E-state index is 14.3. The number of carbonyl (C=O) groups excluding carboxylic acids is 2. The lowest BCUT2D eigenvalue weighted by Crippen LogP contribution is -2.46. The molecule has 1 aliphatic rings. The average Bonchev–Trinajstić information content (AvgIpc) is 3.37. The number of nitrogens with zero attached hydrogens (tertiary/aromatic N) is 5. The number of benzene rings is 1. The van der Waals surface area contributed by atoms with Crippen molar-refractivity contribution in [3.8, 4) is 11.1 Å². The van der Waals surface area contributed by atoms with Crippen molar-refractivity contribution in [2.75, 3.05) is 32.1 Å². The van der Waals surface area contributed by atoms with Gasteiger partial charge in [0, 0.05) is 48.9 Å². The zero-order valence-corrected chi connectivity index (χ0v) is 26.4. The number of esters is 1. The topological polar surface area (TPSA) is 80.6 Å². The third-order valence-corrected chi connectivity index (χ3v) is 8.56. The van der Waals surface area contributed by atoms with E-state index >= 15 is 0 Å². The number of carbonyl (C=O) groups is 2. The number of piperidine rings is 1. The number of amides is 1. The van der Waals surface area contributed by atoms with E-state index in [1.165, 1.54) is 13.2 Å². The van der Waals surface area contributed by atoms with Crippen LogP contribution in [0.5, 0.6) is 0 Å². The molecular weight excluding hydrogens is 569 g/mol. The number of halogens is 2. The number of hydrogen-bond donors (Lipinski definition) is 0. The summed E-state index contributed by atoms with van der Waals surface area (Å²) in [4.78, 5) is 39.3. The molecule has 0 spiro atoms. The van der Waals surface area contributed by atoms with Crippen molar-refractivity contribution in [1.29, 1.82) is 0 Å². The van der Waals surface area contributed by atoms with Crippen LogP contribution in [0, 0.1) is 19.7 Å². The highest BCUT2D eigenvalue weighted by molar-refractivity contribution is 6.30. The van der Waals surface area contributed by atoms with Crippen LogP contribution in [0.1, 0.15) is 65.7 Å². The molecular formula is C33H37ClFN5O3. The number of methoxy groups -OCH3 is 1. The number of aryl methyl sites for hydroxylation is 2. The number of ether oxygens (including phenoxy) is 1. The highest BCUT2D eigenvalue weighted by Crippen LogP contribution is 2.35. The van der Waals surface area contributed by atoms with Gasteiger partial charge >= 0.3 is 5.97 Å². The Balaban J connectivity index is 1.36. The van der Waals surface area contributed by atoms with E-state index in [9.17, 15) is 14.0 Å². The molecule has 0 atom stereocenters. The predicted molar refractivity (Wildman–Crippen MR) is 168 cm³/mol. The van der Waals surface area contributed by atoms with Gasteiger partial charge in [0.05, 0.1) is 23.4 Å². The summed E-state index contributed by atoms with van der Waals surface area (Å²) in [5.74, 6) is -0.195. The van der Waals surface area contributed by atoms with Gasteiger partial charge in [0.15, 0.2) is 0 Å². The molecule has 1 saturated heterocycles. The van der Waals surface area contributed by atoms with E-state index in [1.807, 2.05) is 48.7 Å². The van der Waals surface area contributed by atoms with Crippen molar-refractivity contribution in [2.45, 2.75) is 59.0 Å². The summed E-state index contributed by atoms with van der Waals surface area (Å²) in [5, 5.41) is 0.909. The monoisotopic (exact) mass is 605 g/mol. The molecule has 0 aliphatic carbocycles. The molecule has 10 heteroatoms. The van der Waals surface area contributed by atoms with Gasteiger partial charge in [0.2, 0.25) is 0 Å². The number of aromatic nitrogens is 3. The fourth-order valence-corrected chi connectivity index (χ4v) is 5.95. The first-order valence-corrected chi connectivity index (χ1v) is 14.7. The molecule has 1 aromatic carbocycles. The van der Waals surface area contributed by atoms with E-state index in [-0.39, 0.29) is 28.5 Å². The molecule has 8 nitrogen and oxygen atoms in total. The molecule has 4 heterocycles. The summed E-state index contributed by atoms with van der Waals surface area (Å²) in [5.41, 5.74) is 4.20. The summed E-state index contributed by atoms with van der Waals surface area (Å²) in [6.07, 6.45) is 3.51. The van der Waals surface area contributed by atoms with Crippen LogP contribution in [-0.4, -0.2) is 64.6 Å². The lowest BCUT2D eigenvalue weighted by molar-refractivity contribution is 0.0598. The SMILES string of the molecule is COC(=O)c1c(C)cc(N(C)C2CCN(C(=O)c3ccc4c(-c5ccc(Cl)c(F)c5)cn(C(C)(C)C)c4n3)CC2)nc1C. The van der Waals surface area contributed by atoms with Gasteiger partial charge in [-0.15, -0.1) is 0 Å². The second-order valence-electron chi connectivity index (χ2n) is 12.2. The zero-order chi connectivity index (χ0) is 31.2. The Morgan fingerprint density at radius 2 is 1.77 bits per heavy atom. The van der Waals surface area contributed by atoms with Crippen LogP contribution in [0.4, 0.5) is 10.2 Å². The molecule has 43 heavy (non-hydrogen) atoms. The second kappa shape index (κ2) is 11.6.